The van der Waals surface area contributed by atoms with E-state index < -0.39 is 0 Å². The van der Waals surface area contributed by atoms with Gasteiger partial charge < -0.3 is 14.8 Å². The summed E-state index contributed by atoms with van der Waals surface area (Å²) in [7, 11) is 1.66. The third-order valence-electron chi connectivity index (χ3n) is 4.17. The molecule has 3 rings (SSSR count). The van der Waals surface area contributed by atoms with Gasteiger partial charge in [-0.25, -0.2) is 0 Å². The molecule has 1 saturated heterocycles. The van der Waals surface area contributed by atoms with Gasteiger partial charge in [-0.1, -0.05) is 12.1 Å². The molecule has 0 radical (unpaired) electrons. The first-order valence-corrected chi connectivity index (χ1v) is 8.29. The summed E-state index contributed by atoms with van der Waals surface area (Å²) in [6.45, 7) is 7.55. The molecule has 6 nitrogen and oxygen atoms in total. The van der Waals surface area contributed by atoms with Crippen molar-refractivity contribution in [2.75, 3.05) is 51.8 Å². The van der Waals surface area contributed by atoms with Crippen molar-refractivity contribution in [3.05, 3.63) is 35.9 Å². The first-order valence-electron chi connectivity index (χ1n) is 8.29. The number of ether oxygens (including phenoxy) is 2. The van der Waals surface area contributed by atoms with Crippen molar-refractivity contribution in [2.45, 2.75) is 6.92 Å². The minimum absolute atomic E-state index is 0. The molecule has 26 heavy (non-hydrogen) atoms. The number of halogens is 2. The van der Waals surface area contributed by atoms with Gasteiger partial charge in [0.25, 0.3) is 0 Å². The fourth-order valence-electron chi connectivity index (χ4n) is 2.74. The summed E-state index contributed by atoms with van der Waals surface area (Å²) in [4.78, 5) is 2.39. The Morgan fingerprint density at radius 1 is 1.15 bits per heavy atom. The summed E-state index contributed by atoms with van der Waals surface area (Å²) in [6, 6.07) is 9.91. The van der Waals surface area contributed by atoms with Gasteiger partial charge in [0.1, 0.15) is 5.75 Å². The molecule has 0 bridgehead atoms. The second-order valence-corrected chi connectivity index (χ2v) is 5.87. The molecule has 2 heterocycles. The van der Waals surface area contributed by atoms with Crippen LogP contribution in [0.1, 0.15) is 5.56 Å². The van der Waals surface area contributed by atoms with Crippen molar-refractivity contribution in [3.8, 4) is 17.0 Å². The number of anilines is 1. The molecule has 1 aliphatic rings. The quantitative estimate of drug-likeness (QED) is 0.803. The lowest BCUT2D eigenvalue weighted by atomic mass is 10.1. The third kappa shape index (κ3) is 5.99. The van der Waals surface area contributed by atoms with Crippen LogP contribution in [0.4, 0.5) is 5.82 Å². The van der Waals surface area contributed by atoms with Crippen LogP contribution in [0.5, 0.6) is 5.75 Å². The first-order chi connectivity index (χ1) is 11.8. The zero-order valence-corrected chi connectivity index (χ0v) is 16.7. The van der Waals surface area contributed by atoms with Crippen LogP contribution in [-0.2, 0) is 4.74 Å². The number of hydrogen-bond donors (Lipinski definition) is 1. The highest BCUT2D eigenvalue weighted by molar-refractivity contribution is 5.85. The normalized spacial score (nSPS) is 14.1. The fourth-order valence-corrected chi connectivity index (χ4v) is 2.74. The van der Waals surface area contributed by atoms with Crippen molar-refractivity contribution < 1.29 is 9.47 Å². The number of aryl methyl sites for hydroxylation is 1. The Morgan fingerprint density at radius 2 is 1.92 bits per heavy atom. The smallest absolute Gasteiger partial charge is 0.151 e. The molecule has 144 valence electrons. The van der Waals surface area contributed by atoms with E-state index in [4.69, 9.17) is 9.47 Å². The van der Waals surface area contributed by atoms with Gasteiger partial charge in [-0.2, -0.15) is 0 Å². The molecule has 0 atom stereocenters. The van der Waals surface area contributed by atoms with Crippen molar-refractivity contribution in [3.63, 3.8) is 0 Å². The predicted octanol–water partition coefficient (Wildman–Crippen LogP) is 3.05. The molecular weight excluding hydrogens is 375 g/mol. The second kappa shape index (κ2) is 11.2. The van der Waals surface area contributed by atoms with Crippen molar-refractivity contribution in [1.82, 2.24) is 15.1 Å². The minimum Gasteiger partial charge on any atom is -0.497 e. The first kappa shape index (κ1) is 22.4. The Balaban J connectivity index is 0.00000169. The number of methoxy groups -OCH3 is 1. The van der Waals surface area contributed by atoms with Gasteiger partial charge in [0.05, 0.1) is 26.0 Å². The third-order valence-corrected chi connectivity index (χ3v) is 4.17. The summed E-state index contributed by atoms with van der Waals surface area (Å²) < 4.78 is 10.6. The number of rotatable bonds is 6. The molecule has 0 aliphatic carbocycles. The van der Waals surface area contributed by atoms with Gasteiger partial charge in [-0.3, -0.25) is 4.90 Å². The molecule has 2 aromatic rings. The zero-order valence-electron chi connectivity index (χ0n) is 15.1. The van der Waals surface area contributed by atoms with E-state index in [2.05, 4.69) is 33.4 Å². The van der Waals surface area contributed by atoms with Crippen LogP contribution in [0.25, 0.3) is 11.3 Å². The molecule has 0 unspecified atom stereocenters. The van der Waals surface area contributed by atoms with Crippen LogP contribution in [0.15, 0.2) is 30.3 Å². The lowest BCUT2D eigenvalue weighted by molar-refractivity contribution is 0.0398. The van der Waals surface area contributed by atoms with E-state index in [1.54, 1.807) is 7.11 Å². The van der Waals surface area contributed by atoms with E-state index in [9.17, 15) is 0 Å². The topological polar surface area (TPSA) is 59.5 Å². The highest BCUT2D eigenvalue weighted by Crippen LogP contribution is 2.23. The maximum absolute atomic E-state index is 5.36. The molecular formula is C18H26Cl2N4O2. The maximum atomic E-state index is 5.36. The predicted molar refractivity (Wildman–Crippen MR) is 109 cm³/mol. The molecule has 1 aliphatic heterocycles. The van der Waals surface area contributed by atoms with Crippen LogP contribution in [-0.4, -0.2) is 61.6 Å². The average Bonchev–Trinajstić information content (AvgIpc) is 2.64. The Labute approximate surface area is 167 Å². The number of nitrogens with zero attached hydrogens (tertiary/aromatic N) is 3. The fraction of sp³-hybridized carbons (Fsp3) is 0.444. The molecule has 0 saturated carbocycles. The van der Waals surface area contributed by atoms with Gasteiger partial charge in [0.15, 0.2) is 5.82 Å². The SMILES string of the molecule is COc1cccc(-c2cc(C)c(NCCN3CCOCC3)nn2)c1.Cl.Cl. The standard InChI is InChI=1S/C18H24N4O2.2ClH/c1-14-12-17(15-4-3-5-16(13-15)23-2)20-21-18(14)19-6-7-22-8-10-24-11-9-22;;/h3-5,12-13H,6-11H2,1-2H3,(H,19,21);2*1H. The molecule has 1 fully saturated rings. The molecule has 8 heteroatoms. The van der Waals surface area contributed by atoms with Crippen LogP contribution < -0.4 is 10.1 Å². The maximum Gasteiger partial charge on any atom is 0.151 e. The second-order valence-electron chi connectivity index (χ2n) is 5.87. The number of nitrogens with one attached hydrogen (secondary N) is 1. The van der Waals surface area contributed by atoms with Gasteiger partial charge in [-0.15, -0.1) is 35.0 Å². The Kier molecular flexibility index (Phi) is 9.65. The van der Waals surface area contributed by atoms with Crippen molar-refractivity contribution >= 4 is 30.6 Å². The van der Waals surface area contributed by atoms with Crippen LogP contribution in [0.3, 0.4) is 0 Å². The summed E-state index contributed by atoms with van der Waals surface area (Å²) in [5, 5.41) is 12.1. The summed E-state index contributed by atoms with van der Waals surface area (Å²) in [6.07, 6.45) is 0. The van der Waals surface area contributed by atoms with Crippen LogP contribution in [0, 0.1) is 6.92 Å². The highest BCUT2D eigenvalue weighted by Gasteiger charge is 2.10. The minimum atomic E-state index is 0. The van der Waals surface area contributed by atoms with Gasteiger partial charge in [0, 0.05) is 31.7 Å². The Hall–Kier alpha value is -1.60. The zero-order chi connectivity index (χ0) is 16.8. The summed E-state index contributed by atoms with van der Waals surface area (Å²) in [5.41, 5.74) is 2.94. The van der Waals surface area contributed by atoms with Crippen molar-refractivity contribution in [2.24, 2.45) is 0 Å². The van der Waals surface area contributed by atoms with Gasteiger partial charge >= 0.3 is 0 Å². The molecule has 1 aromatic heterocycles. The summed E-state index contributed by atoms with van der Waals surface area (Å²) >= 11 is 0. The highest BCUT2D eigenvalue weighted by atomic mass is 35.5. The van der Waals surface area contributed by atoms with Crippen LogP contribution >= 0.6 is 24.8 Å². The number of benzene rings is 1. The van der Waals surface area contributed by atoms with E-state index >= 15 is 0 Å². The van der Waals surface area contributed by atoms with E-state index in [0.717, 1.165) is 67.8 Å². The number of hydrogen-bond acceptors (Lipinski definition) is 6. The molecule has 0 spiro atoms. The van der Waals surface area contributed by atoms with E-state index in [-0.39, 0.29) is 24.8 Å². The Morgan fingerprint density at radius 3 is 2.62 bits per heavy atom. The monoisotopic (exact) mass is 400 g/mol. The van der Waals surface area contributed by atoms with E-state index in [1.165, 1.54) is 0 Å². The van der Waals surface area contributed by atoms with E-state index in [1.807, 2.05) is 24.3 Å². The van der Waals surface area contributed by atoms with E-state index in [0.29, 0.717) is 0 Å². The largest absolute Gasteiger partial charge is 0.497 e. The van der Waals surface area contributed by atoms with Crippen molar-refractivity contribution in [1.29, 1.82) is 0 Å². The molecule has 1 N–H and O–H groups in total. The van der Waals surface area contributed by atoms with Crippen LogP contribution in [0.2, 0.25) is 0 Å². The molecule has 0 amide bonds. The lowest BCUT2D eigenvalue weighted by Crippen LogP contribution is -2.39. The van der Waals surface area contributed by atoms with Gasteiger partial charge in [0.2, 0.25) is 0 Å². The summed E-state index contributed by atoms with van der Waals surface area (Å²) in [5.74, 6) is 1.66. The Bertz CT molecular complexity index is 682. The van der Waals surface area contributed by atoms with Gasteiger partial charge in [-0.05, 0) is 30.7 Å². The molecule has 1 aromatic carbocycles. The number of morpholine rings is 1. The number of aromatic nitrogens is 2. The average molecular weight is 401 g/mol. The lowest BCUT2D eigenvalue weighted by Gasteiger charge is -2.26.